The fraction of sp³-hybridized carbons (Fsp3) is 0.217. The molecule has 3 N–H and O–H groups in total. The number of hydrogen-bond donors (Lipinski definition) is 2. The molecule has 0 saturated heterocycles. The van der Waals surface area contributed by atoms with Crippen LogP contribution in [0.2, 0.25) is 0 Å². The van der Waals surface area contributed by atoms with Gasteiger partial charge < -0.3 is 11.1 Å². The third kappa shape index (κ3) is 4.30. The Morgan fingerprint density at radius 2 is 1.83 bits per heavy atom. The van der Waals surface area contributed by atoms with Gasteiger partial charge in [-0.15, -0.1) is 0 Å². The van der Waals surface area contributed by atoms with E-state index in [4.69, 9.17) is 10.7 Å². The van der Waals surface area contributed by atoms with Crippen molar-refractivity contribution in [1.29, 1.82) is 0 Å². The van der Waals surface area contributed by atoms with E-state index in [-0.39, 0.29) is 0 Å². The Hall–Kier alpha value is -3.35. The summed E-state index contributed by atoms with van der Waals surface area (Å²) in [6.45, 7) is 0. The fourth-order valence-corrected chi connectivity index (χ4v) is 3.40. The van der Waals surface area contributed by atoms with Crippen LogP contribution in [-0.4, -0.2) is 10.9 Å². The summed E-state index contributed by atoms with van der Waals surface area (Å²) in [7, 11) is 0. The Balaban J connectivity index is 1.46. The largest absolute Gasteiger partial charge is 0.416 e. The number of alkyl halides is 3. The van der Waals surface area contributed by atoms with E-state index in [0.29, 0.717) is 22.9 Å². The number of amides is 1. The number of hydrogen-bond acceptors (Lipinski definition) is 3. The van der Waals surface area contributed by atoms with Crippen LogP contribution in [0.15, 0.2) is 54.6 Å². The van der Waals surface area contributed by atoms with Crippen LogP contribution in [0.4, 0.5) is 24.5 Å². The van der Waals surface area contributed by atoms with Crippen LogP contribution in [-0.2, 0) is 11.0 Å². The molecule has 0 spiro atoms. The summed E-state index contributed by atoms with van der Waals surface area (Å²) >= 11 is 0. The predicted octanol–water partition coefficient (Wildman–Crippen LogP) is 5.76. The summed E-state index contributed by atoms with van der Waals surface area (Å²) in [4.78, 5) is 16.9. The fourth-order valence-electron chi connectivity index (χ4n) is 3.40. The summed E-state index contributed by atoms with van der Waals surface area (Å²) in [5, 5.41) is 3.50. The number of halogens is 3. The molecule has 1 aliphatic carbocycles. The summed E-state index contributed by atoms with van der Waals surface area (Å²) < 4.78 is 37.8. The maximum atomic E-state index is 12.6. The lowest BCUT2D eigenvalue weighted by Gasteiger charge is -2.25. The van der Waals surface area contributed by atoms with Crippen molar-refractivity contribution in [2.45, 2.75) is 31.4 Å². The number of rotatable bonds is 4. The second kappa shape index (κ2) is 7.82. The molecule has 3 aromatic rings. The van der Waals surface area contributed by atoms with Crippen molar-refractivity contribution in [3.8, 4) is 0 Å². The third-order valence-corrected chi connectivity index (χ3v) is 5.32. The van der Waals surface area contributed by atoms with Crippen molar-refractivity contribution in [3.63, 3.8) is 0 Å². The molecule has 2 aromatic carbocycles. The molecule has 0 unspecified atom stereocenters. The highest BCUT2D eigenvalue weighted by Gasteiger charge is 2.29. The molecule has 1 aromatic heterocycles. The molecule has 30 heavy (non-hydrogen) atoms. The number of nitrogen functional groups attached to an aromatic ring is 1. The number of benzene rings is 2. The van der Waals surface area contributed by atoms with Crippen LogP contribution in [0, 0.1) is 0 Å². The second-order valence-corrected chi connectivity index (χ2v) is 7.44. The van der Waals surface area contributed by atoms with Gasteiger partial charge in [-0.3, -0.25) is 9.78 Å². The summed E-state index contributed by atoms with van der Waals surface area (Å²) in [6, 6.07) is 11.8. The van der Waals surface area contributed by atoms with Gasteiger partial charge in [-0.1, -0.05) is 18.6 Å². The van der Waals surface area contributed by atoms with Crippen molar-refractivity contribution in [1.82, 2.24) is 4.98 Å². The first-order valence-electron chi connectivity index (χ1n) is 9.66. The van der Waals surface area contributed by atoms with Crippen molar-refractivity contribution in [2.75, 3.05) is 11.1 Å². The monoisotopic (exact) mass is 411 g/mol. The van der Waals surface area contributed by atoms with E-state index in [1.807, 2.05) is 12.1 Å². The summed E-state index contributed by atoms with van der Waals surface area (Å²) in [5.74, 6) is 0.0817. The molecular weight excluding hydrogens is 391 g/mol. The van der Waals surface area contributed by atoms with Gasteiger partial charge in [-0.05, 0) is 60.9 Å². The smallest absolute Gasteiger partial charge is 0.398 e. The second-order valence-electron chi connectivity index (χ2n) is 7.44. The Morgan fingerprint density at radius 1 is 1.10 bits per heavy atom. The first kappa shape index (κ1) is 19.9. The van der Waals surface area contributed by atoms with Gasteiger partial charge in [0.25, 0.3) is 0 Å². The minimum Gasteiger partial charge on any atom is -0.398 e. The Bertz CT molecular complexity index is 1120. The predicted molar refractivity (Wildman–Crippen MR) is 112 cm³/mol. The van der Waals surface area contributed by atoms with E-state index in [1.165, 1.54) is 30.7 Å². The maximum absolute atomic E-state index is 12.6. The van der Waals surface area contributed by atoms with E-state index in [0.717, 1.165) is 41.6 Å². The molecule has 0 bridgehead atoms. The van der Waals surface area contributed by atoms with Gasteiger partial charge in [-0.2, -0.15) is 13.2 Å². The van der Waals surface area contributed by atoms with Gasteiger partial charge in [0.1, 0.15) is 0 Å². The number of pyridine rings is 1. The van der Waals surface area contributed by atoms with E-state index in [1.54, 1.807) is 12.1 Å². The number of nitrogens with one attached hydrogen (secondary N) is 1. The molecule has 1 saturated carbocycles. The van der Waals surface area contributed by atoms with Gasteiger partial charge in [0.05, 0.1) is 11.1 Å². The van der Waals surface area contributed by atoms with E-state index >= 15 is 0 Å². The van der Waals surface area contributed by atoms with E-state index in [9.17, 15) is 18.0 Å². The number of carbonyl (C=O) groups excluding carboxylic acids is 1. The van der Waals surface area contributed by atoms with Gasteiger partial charge in [0, 0.05) is 34.4 Å². The van der Waals surface area contributed by atoms with E-state index < -0.39 is 17.6 Å². The lowest BCUT2D eigenvalue weighted by molar-refractivity contribution is -0.137. The van der Waals surface area contributed by atoms with Gasteiger partial charge >= 0.3 is 6.18 Å². The molecule has 4 rings (SSSR count). The number of carbonyl (C=O) groups is 1. The molecule has 154 valence electrons. The van der Waals surface area contributed by atoms with Crippen LogP contribution in [0.1, 0.15) is 42.0 Å². The van der Waals surface area contributed by atoms with Crippen LogP contribution in [0.5, 0.6) is 0 Å². The first-order valence-corrected chi connectivity index (χ1v) is 9.66. The highest BCUT2D eigenvalue weighted by molar-refractivity contribution is 6.03. The van der Waals surface area contributed by atoms with Crippen LogP contribution in [0.3, 0.4) is 0 Å². The van der Waals surface area contributed by atoms with Crippen LogP contribution < -0.4 is 11.1 Å². The molecule has 7 heteroatoms. The molecule has 4 nitrogen and oxygen atoms in total. The number of aromatic nitrogens is 1. The normalized spacial score (nSPS) is 14.8. The van der Waals surface area contributed by atoms with Crippen LogP contribution in [0.25, 0.3) is 17.0 Å². The average Bonchev–Trinajstić information content (AvgIpc) is 2.65. The zero-order valence-electron chi connectivity index (χ0n) is 16.0. The molecule has 0 radical (unpaired) electrons. The highest BCUT2D eigenvalue weighted by Crippen LogP contribution is 2.37. The van der Waals surface area contributed by atoms with Crippen LogP contribution >= 0.6 is 0 Å². The molecule has 1 amide bonds. The topological polar surface area (TPSA) is 68.0 Å². The minimum absolute atomic E-state index is 0.396. The molecule has 1 fully saturated rings. The summed E-state index contributed by atoms with van der Waals surface area (Å²) in [6.07, 6.45) is 1.83. The van der Waals surface area contributed by atoms with Crippen molar-refractivity contribution in [2.24, 2.45) is 0 Å². The number of nitrogens with zero attached hydrogens (tertiary/aromatic N) is 1. The average molecular weight is 411 g/mol. The standard InChI is InChI=1S/C23H20F3N3O/c24-23(25,26)16-7-4-14(5-8-16)6-11-22(30)28-17-9-10-20-18(12-17)19(27)13-21(29-20)15-2-1-3-15/h4-13,15H,1-3H2,(H2,27,29)(H,28,30)/b11-6+. The lowest BCUT2D eigenvalue weighted by atomic mass is 9.82. The Labute approximate surface area is 171 Å². The molecular formula is C23H20F3N3O. The van der Waals surface area contributed by atoms with Crippen molar-refractivity contribution in [3.05, 3.63) is 71.4 Å². The SMILES string of the molecule is Nc1cc(C2CCC2)nc2ccc(NC(=O)/C=C/c3ccc(C(F)(F)F)cc3)cc12. The maximum Gasteiger partial charge on any atom is 0.416 e. The van der Waals surface area contributed by atoms with E-state index in [2.05, 4.69) is 5.32 Å². The van der Waals surface area contributed by atoms with Crippen molar-refractivity contribution < 1.29 is 18.0 Å². The number of anilines is 2. The quantitative estimate of drug-likeness (QED) is 0.537. The summed E-state index contributed by atoms with van der Waals surface area (Å²) in [5.41, 5.74) is 8.96. The molecule has 1 heterocycles. The molecule has 0 aliphatic heterocycles. The number of fused-ring (bicyclic) bond motifs is 1. The van der Waals surface area contributed by atoms with Gasteiger partial charge in [0.2, 0.25) is 5.91 Å². The Morgan fingerprint density at radius 3 is 2.47 bits per heavy atom. The van der Waals surface area contributed by atoms with Crippen molar-refractivity contribution >= 4 is 34.3 Å². The molecule has 0 atom stereocenters. The minimum atomic E-state index is -4.38. The highest BCUT2D eigenvalue weighted by atomic mass is 19.4. The lowest BCUT2D eigenvalue weighted by Crippen LogP contribution is -2.11. The Kier molecular flexibility index (Phi) is 5.20. The first-order chi connectivity index (χ1) is 14.3. The number of nitrogens with two attached hydrogens (primary N) is 1. The van der Waals surface area contributed by atoms with Gasteiger partial charge in [0.15, 0.2) is 0 Å². The zero-order chi connectivity index (χ0) is 21.3. The van der Waals surface area contributed by atoms with Gasteiger partial charge in [-0.25, -0.2) is 0 Å². The third-order valence-electron chi connectivity index (χ3n) is 5.32. The zero-order valence-corrected chi connectivity index (χ0v) is 16.0. The molecule has 1 aliphatic rings.